The zero-order valence-corrected chi connectivity index (χ0v) is 12.3. The molecule has 108 valence electrons. The summed E-state index contributed by atoms with van der Waals surface area (Å²) < 4.78 is 10.5. The molecular formula is C13H13N5O2S. The molecule has 0 aliphatic heterocycles. The second-order valence-corrected chi connectivity index (χ2v) is 5.08. The third-order valence-electron chi connectivity index (χ3n) is 2.91. The minimum absolute atomic E-state index is 0.556. The van der Waals surface area contributed by atoms with Crippen LogP contribution in [0.3, 0.4) is 0 Å². The van der Waals surface area contributed by atoms with Gasteiger partial charge < -0.3 is 9.47 Å². The number of aromatic amines is 1. The monoisotopic (exact) mass is 303 g/mol. The number of rotatable bonds is 5. The Morgan fingerprint density at radius 1 is 1.19 bits per heavy atom. The average molecular weight is 303 g/mol. The van der Waals surface area contributed by atoms with E-state index in [0.29, 0.717) is 23.7 Å². The van der Waals surface area contributed by atoms with E-state index in [4.69, 9.17) is 9.47 Å². The number of tetrazole rings is 1. The number of methoxy groups -OCH3 is 2. The van der Waals surface area contributed by atoms with Crippen molar-refractivity contribution in [3.8, 4) is 22.1 Å². The number of aromatic nitrogens is 5. The molecule has 0 saturated carbocycles. The van der Waals surface area contributed by atoms with Crippen LogP contribution in [0.15, 0.2) is 23.6 Å². The number of H-pyrrole nitrogens is 1. The molecule has 8 heteroatoms. The standard InChI is InChI=1S/C13H13N5O2S/c1-19-10-4-3-8(5-11(10)20-2)13-14-9(7-21-13)6-12-15-17-18-16-12/h3-5,7H,6H2,1-2H3,(H,15,16,17,18). The van der Waals surface area contributed by atoms with Gasteiger partial charge in [-0.25, -0.2) is 4.98 Å². The Morgan fingerprint density at radius 3 is 2.76 bits per heavy atom. The van der Waals surface area contributed by atoms with Crippen LogP contribution < -0.4 is 9.47 Å². The molecule has 0 atom stereocenters. The zero-order chi connectivity index (χ0) is 14.7. The van der Waals surface area contributed by atoms with Crippen molar-refractivity contribution < 1.29 is 9.47 Å². The number of thiazole rings is 1. The quantitative estimate of drug-likeness (QED) is 0.775. The average Bonchev–Trinajstić information content (AvgIpc) is 3.19. The van der Waals surface area contributed by atoms with Gasteiger partial charge in [-0.1, -0.05) is 5.21 Å². The molecule has 0 fully saturated rings. The summed E-state index contributed by atoms with van der Waals surface area (Å²) in [7, 11) is 3.23. The van der Waals surface area contributed by atoms with Gasteiger partial charge in [0.25, 0.3) is 0 Å². The summed E-state index contributed by atoms with van der Waals surface area (Å²) in [4.78, 5) is 4.59. The third kappa shape index (κ3) is 2.84. The van der Waals surface area contributed by atoms with Crippen molar-refractivity contribution >= 4 is 11.3 Å². The SMILES string of the molecule is COc1ccc(-c2nc(Cc3nn[nH]n3)cs2)cc1OC. The van der Waals surface area contributed by atoms with Gasteiger partial charge in [-0.3, -0.25) is 0 Å². The van der Waals surface area contributed by atoms with Gasteiger partial charge in [0.1, 0.15) is 5.01 Å². The van der Waals surface area contributed by atoms with Gasteiger partial charge in [0.15, 0.2) is 17.3 Å². The highest BCUT2D eigenvalue weighted by atomic mass is 32.1. The van der Waals surface area contributed by atoms with Crippen LogP contribution in [-0.4, -0.2) is 39.8 Å². The molecule has 0 saturated heterocycles. The van der Waals surface area contributed by atoms with Gasteiger partial charge >= 0.3 is 0 Å². The van der Waals surface area contributed by atoms with Crippen LogP contribution in [-0.2, 0) is 6.42 Å². The second-order valence-electron chi connectivity index (χ2n) is 4.22. The molecule has 0 radical (unpaired) electrons. The predicted octanol–water partition coefficient (Wildman–Crippen LogP) is 1.93. The molecule has 0 aliphatic carbocycles. The van der Waals surface area contributed by atoms with E-state index in [1.165, 1.54) is 0 Å². The van der Waals surface area contributed by atoms with Crippen LogP contribution in [0.1, 0.15) is 11.5 Å². The maximum absolute atomic E-state index is 5.31. The van der Waals surface area contributed by atoms with E-state index in [0.717, 1.165) is 16.3 Å². The smallest absolute Gasteiger partial charge is 0.180 e. The molecule has 1 N–H and O–H groups in total. The first-order valence-corrected chi connectivity index (χ1v) is 7.07. The van der Waals surface area contributed by atoms with Gasteiger partial charge in [0.2, 0.25) is 0 Å². The normalized spacial score (nSPS) is 10.6. The molecule has 2 aromatic heterocycles. The van der Waals surface area contributed by atoms with Crippen LogP contribution in [0.25, 0.3) is 10.6 Å². The molecule has 1 aromatic carbocycles. The first kappa shape index (κ1) is 13.5. The van der Waals surface area contributed by atoms with E-state index in [-0.39, 0.29) is 0 Å². The van der Waals surface area contributed by atoms with Gasteiger partial charge in [-0.05, 0) is 18.2 Å². The second kappa shape index (κ2) is 5.88. The van der Waals surface area contributed by atoms with Crippen LogP contribution in [0.2, 0.25) is 0 Å². The van der Waals surface area contributed by atoms with Gasteiger partial charge in [0.05, 0.1) is 26.3 Å². The third-order valence-corrected chi connectivity index (χ3v) is 3.85. The lowest BCUT2D eigenvalue weighted by atomic mass is 10.2. The van der Waals surface area contributed by atoms with Crippen molar-refractivity contribution in [3.63, 3.8) is 0 Å². The Balaban J connectivity index is 1.85. The fraction of sp³-hybridized carbons (Fsp3) is 0.231. The maximum Gasteiger partial charge on any atom is 0.180 e. The van der Waals surface area contributed by atoms with Crippen LogP contribution in [0.4, 0.5) is 0 Å². The molecule has 0 unspecified atom stereocenters. The number of hydrogen-bond donors (Lipinski definition) is 1. The highest BCUT2D eigenvalue weighted by molar-refractivity contribution is 7.13. The fourth-order valence-corrected chi connectivity index (χ4v) is 2.73. The maximum atomic E-state index is 5.31. The molecule has 0 amide bonds. The molecule has 21 heavy (non-hydrogen) atoms. The molecule has 0 bridgehead atoms. The molecule has 0 aliphatic rings. The highest BCUT2D eigenvalue weighted by Crippen LogP contribution is 2.33. The van der Waals surface area contributed by atoms with Crippen molar-refractivity contribution in [3.05, 3.63) is 35.1 Å². The molecular weight excluding hydrogens is 290 g/mol. The van der Waals surface area contributed by atoms with E-state index >= 15 is 0 Å². The van der Waals surface area contributed by atoms with E-state index in [2.05, 4.69) is 25.6 Å². The summed E-state index contributed by atoms with van der Waals surface area (Å²) in [6, 6.07) is 5.74. The number of nitrogens with one attached hydrogen (secondary N) is 1. The summed E-state index contributed by atoms with van der Waals surface area (Å²) in [5.41, 5.74) is 1.89. The first-order chi connectivity index (χ1) is 10.3. The van der Waals surface area contributed by atoms with Crippen molar-refractivity contribution in [1.82, 2.24) is 25.6 Å². The molecule has 7 nitrogen and oxygen atoms in total. The van der Waals surface area contributed by atoms with Crippen molar-refractivity contribution in [1.29, 1.82) is 0 Å². The van der Waals surface area contributed by atoms with E-state index in [1.54, 1.807) is 25.6 Å². The van der Waals surface area contributed by atoms with Crippen molar-refractivity contribution in [2.75, 3.05) is 14.2 Å². The molecule has 2 heterocycles. The first-order valence-electron chi connectivity index (χ1n) is 6.19. The lowest BCUT2D eigenvalue weighted by Gasteiger charge is -2.08. The number of hydrogen-bond acceptors (Lipinski definition) is 7. The number of nitrogens with zero attached hydrogens (tertiary/aromatic N) is 4. The minimum Gasteiger partial charge on any atom is -0.493 e. The number of benzene rings is 1. The van der Waals surface area contributed by atoms with Crippen LogP contribution in [0, 0.1) is 0 Å². The van der Waals surface area contributed by atoms with Gasteiger partial charge in [0, 0.05) is 10.9 Å². The lowest BCUT2D eigenvalue weighted by Crippen LogP contribution is -1.92. The van der Waals surface area contributed by atoms with Crippen molar-refractivity contribution in [2.24, 2.45) is 0 Å². The van der Waals surface area contributed by atoms with Crippen LogP contribution >= 0.6 is 11.3 Å². The molecule has 3 rings (SSSR count). The van der Waals surface area contributed by atoms with E-state index in [9.17, 15) is 0 Å². The molecule has 3 aromatic rings. The Hall–Kier alpha value is -2.48. The summed E-state index contributed by atoms with van der Waals surface area (Å²) >= 11 is 1.56. The Bertz CT molecular complexity index is 726. The van der Waals surface area contributed by atoms with E-state index < -0.39 is 0 Å². The predicted molar refractivity (Wildman–Crippen MR) is 77.6 cm³/mol. The fourth-order valence-electron chi connectivity index (χ4n) is 1.91. The number of ether oxygens (including phenoxy) is 2. The van der Waals surface area contributed by atoms with Gasteiger partial charge in [-0.15, -0.1) is 21.5 Å². The highest BCUT2D eigenvalue weighted by Gasteiger charge is 2.11. The van der Waals surface area contributed by atoms with E-state index in [1.807, 2.05) is 23.6 Å². The summed E-state index contributed by atoms with van der Waals surface area (Å²) in [5.74, 6) is 2.01. The largest absolute Gasteiger partial charge is 0.493 e. The minimum atomic E-state index is 0.556. The lowest BCUT2D eigenvalue weighted by molar-refractivity contribution is 0.355. The summed E-state index contributed by atoms with van der Waals surface area (Å²) in [6.07, 6.45) is 0.556. The topological polar surface area (TPSA) is 85.8 Å². The van der Waals surface area contributed by atoms with Crippen LogP contribution in [0.5, 0.6) is 11.5 Å². The Morgan fingerprint density at radius 2 is 2.05 bits per heavy atom. The summed E-state index contributed by atoms with van der Waals surface area (Å²) in [6.45, 7) is 0. The Labute approximate surface area is 125 Å². The van der Waals surface area contributed by atoms with Gasteiger partial charge in [-0.2, -0.15) is 5.21 Å². The van der Waals surface area contributed by atoms with Crippen molar-refractivity contribution in [2.45, 2.75) is 6.42 Å². The molecule has 0 spiro atoms. The zero-order valence-electron chi connectivity index (χ0n) is 11.5. The Kier molecular flexibility index (Phi) is 3.78. The summed E-state index contributed by atoms with van der Waals surface area (Å²) in [5, 5.41) is 16.7.